The van der Waals surface area contributed by atoms with Crippen LogP contribution in [0.3, 0.4) is 0 Å². The summed E-state index contributed by atoms with van der Waals surface area (Å²) in [6.07, 6.45) is 5.72. The van der Waals surface area contributed by atoms with Crippen molar-refractivity contribution in [1.82, 2.24) is 19.7 Å². The standard InChI is InChI=1S/C16H22N4O/c1-19-13-17-16(18-19)14-6-5-7-15(12-14)21-11-10-20-8-3-2-4-9-20/h5-7,12-13H,2-4,8-11H2,1H3. The minimum atomic E-state index is 0.735. The van der Waals surface area contributed by atoms with Crippen molar-refractivity contribution in [3.8, 4) is 17.1 Å². The molecular weight excluding hydrogens is 264 g/mol. The first-order valence-corrected chi connectivity index (χ1v) is 7.62. The van der Waals surface area contributed by atoms with Crippen LogP contribution in [-0.2, 0) is 7.05 Å². The van der Waals surface area contributed by atoms with Crippen LogP contribution in [0.1, 0.15) is 19.3 Å². The third-order valence-corrected chi connectivity index (χ3v) is 3.82. The molecule has 0 atom stereocenters. The highest BCUT2D eigenvalue weighted by Gasteiger charge is 2.10. The van der Waals surface area contributed by atoms with Crippen molar-refractivity contribution in [3.05, 3.63) is 30.6 Å². The topological polar surface area (TPSA) is 43.2 Å². The van der Waals surface area contributed by atoms with Gasteiger partial charge in [-0.3, -0.25) is 9.58 Å². The molecule has 1 aliphatic heterocycles. The molecular formula is C16H22N4O. The normalized spacial score (nSPS) is 16.0. The summed E-state index contributed by atoms with van der Waals surface area (Å²) in [5, 5.41) is 4.32. The molecule has 0 unspecified atom stereocenters. The zero-order chi connectivity index (χ0) is 14.5. The molecule has 0 bridgehead atoms. The monoisotopic (exact) mass is 286 g/mol. The van der Waals surface area contributed by atoms with Gasteiger partial charge in [-0.05, 0) is 38.1 Å². The molecule has 2 aromatic rings. The molecule has 1 fully saturated rings. The lowest BCUT2D eigenvalue weighted by molar-refractivity contribution is 0.183. The average molecular weight is 286 g/mol. The summed E-state index contributed by atoms with van der Waals surface area (Å²) in [5.41, 5.74) is 0.992. The Morgan fingerprint density at radius 3 is 2.81 bits per heavy atom. The molecule has 5 nitrogen and oxygen atoms in total. The highest BCUT2D eigenvalue weighted by molar-refractivity contribution is 5.56. The van der Waals surface area contributed by atoms with Crippen LogP contribution in [0.4, 0.5) is 0 Å². The van der Waals surface area contributed by atoms with Gasteiger partial charge in [-0.2, -0.15) is 5.10 Å². The molecule has 0 amide bonds. The summed E-state index contributed by atoms with van der Waals surface area (Å²) in [4.78, 5) is 6.75. The van der Waals surface area contributed by atoms with E-state index in [0.717, 1.165) is 30.3 Å². The summed E-state index contributed by atoms with van der Waals surface area (Å²) in [5.74, 6) is 1.62. The Kier molecular flexibility index (Phi) is 4.50. The SMILES string of the molecule is Cn1cnc(-c2cccc(OCCN3CCCCC3)c2)n1. The molecule has 0 aliphatic carbocycles. The van der Waals surface area contributed by atoms with Gasteiger partial charge in [0.05, 0.1) is 0 Å². The maximum Gasteiger partial charge on any atom is 0.181 e. The summed E-state index contributed by atoms with van der Waals surface area (Å²) in [6.45, 7) is 4.16. The van der Waals surface area contributed by atoms with Crippen LogP contribution < -0.4 is 4.74 Å². The number of aromatic nitrogens is 3. The third-order valence-electron chi connectivity index (χ3n) is 3.82. The van der Waals surface area contributed by atoms with Crippen molar-refractivity contribution in [3.63, 3.8) is 0 Å². The molecule has 5 heteroatoms. The van der Waals surface area contributed by atoms with Gasteiger partial charge < -0.3 is 4.74 Å². The maximum atomic E-state index is 5.87. The van der Waals surface area contributed by atoms with E-state index < -0.39 is 0 Å². The van der Waals surface area contributed by atoms with Crippen molar-refractivity contribution in [2.75, 3.05) is 26.2 Å². The van der Waals surface area contributed by atoms with Crippen LogP contribution in [0.2, 0.25) is 0 Å². The molecule has 2 heterocycles. The Bertz CT molecular complexity index is 575. The fraction of sp³-hybridized carbons (Fsp3) is 0.500. The highest BCUT2D eigenvalue weighted by Crippen LogP contribution is 2.20. The van der Waals surface area contributed by atoms with E-state index in [0.29, 0.717) is 0 Å². The van der Waals surface area contributed by atoms with Crippen LogP contribution in [0.5, 0.6) is 5.75 Å². The third kappa shape index (κ3) is 3.82. The number of aryl methyl sites for hydroxylation is 1. The Labute approximate surface area is 125 Å². The zero-order valence-electron chi connectivity index (χ0n) is 12.5. The molecule has 112 valence electrons. The molecule has 0 radical (unpaired) electrons. The van der Waals surface area contributed by atoms with E-state index in [2.05, 4.69) is 15.0 Å². The highest BCUT2D eigenvalue weighted by atomic mass is 16.5. The Hall–Kier alpha value is -1.88. The molecule has 0 saturated carbocycles. The fourth-order valence-corrected chi connectivity index (χ4v) is 2.67. The number of piperidine rings is 1. The first-order valence-electron chi connectivity index (χ1n) is 7.62. The zero-order valence-corrected chi connectivity index (χ0v) is 12.5. The van der Waals surface area contributed by atoms with Gasteiger partial charge in [-0.25, -0.2) is 4.98 Å². The summed E-state index contributed by atoms with van der Waals surface area (Å²) in [7, 11) is 1.87. The van der Waals surface area contributed by atoms with Crippen molar-refractivity contribution in [1.29, 1.82) is 0 Å². The van der Waals surface area contributed by atoms with E-state index in [-0.39, 0.29) is 0 Å². The lowest BCUT2D eigenvalue weighted by atomic mass is 10.1. The van der Waals surface area contributed by atoms with Gasteiger partial charge in [0.25, 0.3) is 0 Å². The lowest BCUT2D eigenvalue weighted by Gasteiger charge is -2.26. The quantitative estimate of drug-likeness (QED) is 0.846. The van der Waals surface area contributed by atoms with E-state index in [1.165, 1.54) is 32.4 Å². The van der Waals surface area contributed by atoms with Crippen LogP contribution in [0, 0.1) is 0 Å². The molecule has 1 saturated heterocycles. The molecule has 0 N–H and O–H groups in total. The molecule has 3 rings (SSSR count). The fourth-order valence-electron chi connectivity index (χ4n) is 2.67. The predicted octanol–water partition coefficient (Wildman–Crippen LogP) is 2.35. The van der Waals surface area contributed by atoms with E-state index in [9.17, 15) is 0 Å². The smallest absolute Gasteiger partial charge is 0.181 e. The van der Waals surface area contributed by atoms with Crippen LogP contribution >= 0.6 is 0 Å². The second-order valence-electron chi connectivity index (χ2n) is 5.52. The van der Waals surface area contributed by atoms with E-state index in [4.69, 9.17) is 4.74 Å². The Balaban J connectivity index is 1.56. The Morgan fingerprint density at radius 1 is 1.19 bits per heavy atom. The maximum absolute atomic E-state index is 5.87. The van der Waals surface area contributed by atoms with Gasteiger partial charge in [0.15, 0.2) is 5.82 Å². The predicted molar refractivity (Wildman–Crippen MR) is 82.2 cm³/mol. The molecule has 1 aromatic carbocycles. The van der Waals surface area contributed by atoms with Gasteiger partial charge in [0, 0.05) is 19.2 Å². The minimum Gasteiger partial charge on any atom is -0.492 e. The van der Waals surface area contributed by atoms with Crippen LogP contribution in [0.15, 0.2) is 30.6 Å². The second-order valence-corrected chi connectivity index (χ2v) is 5.52. The molecule has 21 heavy (non-hydrogen) atoms. The second kappa shape index (κ2) is 6.72. The van der Waals surface area contributed by atoms with Crippen LogP contribution in [0.25, 0.3) is 11.4 Å². The van der Waals surface area contributed by atoms with Crippen molar-refractivity contribution in [2.45, 2.75) is 19.3 Å². The Morgan fingerprint density at radius 2 is 2.05 bits per heavy atom. The average Bonchev–Trinajstić information content (AvgIpc) is 2.95. The number of rotatable bonds is 5. The lowest BCUT2D eigenvalue weighted by Crippen LogP contribution is -2.33. The van der Waals surface area contributed by atoms with Crippen molar-refractivity contribution >= 4 is 0 Å². The van der Waals surface area contributed by atoms with Crippen molar-refractivity contribution in [2.24, 2.45) is 7.05 Å². The largest absolute Gasteiger partial charge is 0.492 e. The number of nitrogens with zero attached hydrogens (tertiary/aromatic N) is 4. The van der Waals surface area contributed by atoms with Crippen LogP contribution in [-0.4, -0.2) is 45.9 Å². The number of hydrogen-bond donors (Lipinski definition) is 0. The van der Waals surface area contributed by atoms with E-state index in [1.807, 2.05) is 31.3 Å². The molecule has 0 spiro atoms. The first-order chi connectivity index (χ1) is 10.3. The van der Waals surface area contributed by atoms with E-state index in [1.54, 1.807) is 11.0 Å². The number of ether oxygens (including phenoxy) is 1. The minimum absolute atomic E-state index is 0.735. The van der Waals surface area contributed by atoms with Gasteiger partial charge in [0.2, 0.25) is 0 Å². The molecule has 1 aliphatic rings. The van der Waals surface area contributed by atoms with Crippen molar-refractivity contribution < 1.29 is 4.74 Å². The van der Waals surface area contributed by atoms with Gasteiger partial charge >= 0.3 is 0 Å². The number of hydrogen-bond acceptors (Lipinski definition) is 4. The van der Waals surface area contributed by atoms with E-state index >= 15 is 0 Å². The number of likely N-dealkylation sites (tertiary alicyclic amines) is 1. The van der Waals surface area contributed by atoms with Gasteiger partial charge in [-0.1, -0.05) is 18.6 Å². The summed E-state index contributed by atoms with van der Waals surface area (Å²) < 4.78 is 7.58. The van der Waals surface area contributed by atoms with Gasteiger partial charge in [0.1, 0.15) is 18.7 Å². The molecule has 1 aromatic heterocycles. The van der Waals surface area contributed by atoms with Gasteiger partial charge in [-0.15, -0.1) is 0 Å². The summed E-state index contributed by atoms with van der Waals surface area (Å²) >= 11 is 0. The first kappa shape index (κ1) is 14.1. The number of benzene rings is 1. The summed E-state index contributed by atoms with van der Waals surface area (Å²) in [6, 6.07) is 7.99.